The molecule has 0 heterocycles. The van der Waals surface area contributed by atoms with Crippen LogP contribution in [0.15, 0.2) is 27.1 Å². The van der Waals surface area contributed by atoms with Gasteiger partial charge in [0.15, 0.2) is 0 Å². The van der Waals surface area contributed by atoms with Crippen LogP contribution in [0.3, 0.4) is 0 Å². The summed E-state index contributed by atoms with van der Waals surface area (Å²) in [6, 6.07) is 6.36. The second-order valence-electron chi connectivity index (χ2n) is 3.45. The molecule has 2 N–H and O–H groups in total. The van der Waals surface area contributed by atoms with E-state index in [4.69, 9.17) is 5.73 Å². The summed E-state index contributed by atoms with van der Waals surface area (Å²) < 4.78 is 2.16. The van der Waals surface area contributed by atoms with E-state index in [1.807, 2.05) is 6.07 Å². The zero-order chi connectivity index (χ0) is 10.6. The molecule has 0 saturated carbocycles. The molecule has 1 rings (SSSR count). The first-order valence-electron chi connectivity index (χ1n) is 4.85. The zero-order valence-electron chi connectivity index (χ0n) is 8.67. The average molecular weight is 358 g/mol. The van der Waals surface area contributed by atoms with Crippen molar-refractivity contribution in [2.45, 2.75) is 32.2 Å². The summed E-state index contributed by atoms with van der Waals surface area (Å²) in [6.07, 6.45) is 3.44. The number of unbranched alkanes of at least 4 members (excludes halogenated alkanes) is 1. The van der Waals surface area contributed by atoms with Crippen molar-refractivity contribution >= 4 is 44.3 Å². The van der Waals surface area contributed by atoms with Gasteiger partial charge in [0.05, 0.1) is 0 Å². The fourth-order valence-corrected chi connectivity index (χ4v) is 2.71. The molecule has 0 amide bonds. The normalized spacial score (nSPS) is 12.0. The van der Waals surface area contributed by atoms with Crippen LogP contribution < -0.4 is 5.73 Å². The molecule has 1 nitrogen and oxygen atoms in total. The summed E-state index contributed by atoms with van der Waals surface area (Å²) in [7, 11) is 0. The number of hydrogen-bond acceptors (Lipinski definition) is 1. The second-order valence-corrected chi connectivity index (χ2v) is 5.28. The van der Waals surface area contributed by atoms with Crippen molar-refractivity contribution in [3.05, 3.63) is 32.7 Å². The quantitative estimate of drug-likeness (QED) is 0.821. The standard InChI is InChI=1S/C11H15Br2N.ClH/c1-2-3-4-11(14)8-5-9(12)7-10(13)6-8;/h5-7,11H,2-4,14H2,1H3;1H/t11-;/m0./s1. The van der Waals surface area contributed by atoms with E-state index < -0.39 is 0 Å². The second kappa shape index (κ2) is 7.66. The smallest absolute Gasteiger partial charge is 0.0295 e. The van der Waals surface area contributed by atoms with Crippen LogP contribution in [0, 0.1) is 0 Å². The van der Waals surface area contributed by atoms with Crippen LogP contribution in [0.5, 0.6) is 0 Å². The van der Waals surface area contributed by atoms with E-state index in [-0.39, 0.29) is 18.4 Å². The van der Waals surface area contributed by atoms with Gasteiger partial charge in [0.2, 0.25) is 0 Å². The molecule has 0 aliphatic carbocycles. The highest BCUT2D eigenvalue weighted by Crippen LogP contribution is 2.25. The molecule has 0 unspecified atom stereocenters. The van der Waals surface area contributed by atoms with Crippen LogP contribution in [0.4, 0.5) is 0 Å². The summed E-state index contributed by atoms with van der Waals surface area (Å²) in [5.41, 5.74) is 7.27. The molecule has 1 aromatic carbocycles. The van der Waals surface area contributed by atoms with E-state index >= 15 is 0 Å². The van der Waals surface area contributed by atoms with Crippen molar-refractivity contribution in [1.82, 2.24) is 0 Å². The molecule has 0 aromatic heterocycles. The van der Waals surface area contributed by atoms with Crippen LogP contribution in [0.1, 0.15) is 37.8 Å². The highest BCUT2D eigenvalue weighted by molar-refractivity contribution is 9.11. The fraction of sp³-hybridized carbons (Fsp3) is 0.455. The maximum atomic E-state index is 6.08. The lowest BCUT2D eigenvalue weighted by Gasteiger charge is -2.12. The predicted molar refractivity (Wildman–Crippen MR) is 75.5 cm³/mol. The molecule has 1 aromatic rings. The third-order valence-electron chi connectivity index (χ3n) is 2.18. The molecule has 0 aliphatic rings. The predicted octanol–water partition coefficient (Wildman–Crippen LogP) is 4.82. The van der Waals surface area contributed by atoms with E-state index in [1.54, 1.807) is 0 Å². The van der Waals surface area contributed by atoms with Crippen molar-refractivity contribution < 1.29 is 0 Å². The van der Waals surface area contributed by atoms with Crippen molar-refractivity contribution in [1.29, 1.82) is 0 Å². The van der Waals surface area contributed by atoms with Crippen molar-refractivity contribution in [2.75, 3.05) is 0 Å². The largest absolute Gasteiger partial charge is 0.324 e. The van der Waals surface area contributed by atoms with E-state index in [0.29, 0.717) is 0 Å². The highest BCUT2D eigenvalue weighted by Gasteiger charge is 2.06. The van der Waals surface area contributed by atoms with Gasteiger partial charge in [0.1, 0.15) is 0 Å². The Morgan fingerprint density at radius 3 is 2.20 bits per heavy atom. The lowest BCUT2D eigenvalue weighted by atomic mass is 10.0. The maximum Gasteiger partial charge on any atom is 0.0295 e. The first-order valence-corrected chi connectivity index (χ1v) is 6.43. The van der Waals surface area contributed by atoms with Gasteiger partial charge in [-0.2, -0.15) is 0 Å². The third kappa shape index (κ3) is 5.34. The molecule has 4 heteroatoms. The monoisotopic (exact) mass is 355 g/mol. The number of nitrogens with two attached hydrogens (primary N) is 1. The molecule has 0 aliphatic heterocycles. The molecular formula is C11H16Br2ClN. The minimum atomic E-state index is 0. The molecule has 0 saturated heterocycles. The van der Waals surface area contributed by atoms with Crippen molar-refractivity contribution in [3.8, 4) is 0 Å². The summed E-state index contributed by atoms with van der Waals surface area (Å²) in [5, 5.41) is 0. The lowest BCUT2D eigenvalue weighted by molar-refractivity contribution is 0.603. The zero-order valence-corrected chi connectivity index (χ0v) is 12.7. The van der Waals surface area contributed by atoms with Crippen LogP contribution in [-0.4, -0.2) is 0 Å². The van der Waals surface area contributed by atoms with Crippen LogP contribution in [-0.2, 0) is 0 Å². The van der Waals surface area contributed by atoms with E-state index in [9.17, 15) is 0 Å². The van der Waals surface area contributed by atoms with E-state index in [1.165, 1.54) is 18.4 Å². The van der Waals surface area contributed by atoms with Crippen molar-refractivity contribution in [2.24, 2.45) is 5.73 Å². The maximum absolute atomic E-state index is 6.08. The van der Waals surface area contributed by atoms with Gasteiger partial charge in [0.25, 0.3) is 0 Å². The first-order chi connectivity index (χ1) is 6.63. The van der Waals surface area contributed by atoms with Gasteiger partial charge in [-0.05, 0) is 30.2 Å². The molecule has 0 radical (unpaired) electrons. The van der Waals surface area contributed by atoms with Crippen molar-refractivity contribution in [3.63, 3.8) is 0 Å². The molecule has 86 valence electrons. The van der Waals surface area contributed by atoms with Gasteiger partial charge in [-0.15, -0.1) is 12.4 Å². The molecule has 0 spiro atoms. The molecular weight excluding hydrogens is 341 g/mol. The minimum Gasteiger partial charge on any atom is -0.324 e. The Bertz CT molecular complexity index is 284. The number of benzene rings is 1. The van der Waals surface area contributed by atoms with Crippen LogP contribution >= 0.6 is 44.3 Å². The van der Waals surface area contributed by atoms with E-state index in [2.05, 4.69) is 50.9 Å². The summed E-state index contributed by atoms with van der Waals surface area (Å²) in [5.74, 6) is 0. The summed E-state index contributed by atoms with van der Waals surface area (Å²) >= 11 is 6.93. The lowest BCUT2D eigenvalue weighted by Crippen LogP contribution is -2.09. The SMILES string of the molecule is CCCC[C@H](N)c1cc(Br)cc(Br)c1.Cl. The number of halogens is 3. The Kier molecular flexibility index (Phi) is 7.88. The molecule has 1 atom stereocenters. The van der Waals surface area contributed by atoms with Crippen LogP contribution in [0.2, 0.25) is 0 Å². The Balaban J connectivity index is 0.00000196. The number of rotatable bonds is 4. The van der Waals surface area contributed by atoms with Gasteiger partial charge in [-0.3, -0.25) is 0 Å². The van der Waals surface area contributed by atoms with E-state index in [0.717, 1.165) is 15.4 Å². The Morgan fingerprint density at radius 2 is 1.73 bits per heavy atom. The molecule has 0 bridgehead atoms. The average Bonchev–Trinajstić information content (AvgIpc) is 2.12. The Labute approximate surface area is 114 Å². The highest BCUT2D eigenvalue weighted by atomic mass is 79.9. The van der Waals surface area contributed by atoms with Gasteiger partial charge in [-0.1, -0.05) is 51.6 Å². The van der Waals surface area contributed by atoms with Gasteiger partial charge in [-0.25, -0.2) is 0 Å². The third-order valence-corrected chi connectivity index (χ3v) is 3.10. The Hall–Kier alpha value is 0.430. The fourth-order valence-electron chi connectivity index (χ4n) is 1.38. The Morgan fingerprint density at radius 1 is 1.20 bits per heavy atom. The summed E-state index contributed by atoms with van der Waals surface area (Å²) in [4.78, 5) is 0. The molecule has 0 fully saturated rings. The first kappa shape index (κ1) is 15.4. The van der Waals surface area contributed by atoms with Crippen LogP contribution in [0.25, 0.3) is 0 Å². The summed E-state index contributed by atoms with van der Waals surface area (Å²) in [6.45, 7) is 2.18. The van der Waals surface area contributed by atoms with Gasteiger partial charge >= 0.3 is 0 Å². The number of hydrogen-bond donors (Lipinski definition) is 1. The minimum absolute atomic E-state index is 0. The van der Waals surface area contributed by atoms with Gasteiger partial charge in [0, 0.05) is 15.0 Å². The van der Waals surface area contributed by atoms with Gasteiger partial charge < -0.3 is 5.73 Å². The topological polar surface area (TPSA) is 26.0 Å². The molecule has 15 heavy (non-hydrogen) atoms.